The number of carbonyl (C=O) groups excluding carboxylic acids is 2. The molecule has 1 aliphatic rings. The van der Waals surface area contributed by atoms with Gasteiger partial charge in [0.2, 0.25) is 5.91 Å². The maximum Gasteiger partial charge on any atom is 0.227 e. The Morgan fingerprint density at radius 3 is 2.72 bits per heavy atom. The predicted molar refractivity (Wildman–Crippen MR) is 114 cm³/mol. The number of anilines is 1. The fraction of sp³-hybridized carbons (Fsp3) is 0.273. The molecule has 3 aromatic rings. The molecule has 2 heterocycles. The maximum absolute atomic E-state index is 12.7. The van der Waals surface area contributed by atoms with Crippen molar-refractivity contribution in [1.29, 1.82) is 0 Å². The van der Waals surface area contributed by atoms with E-state index in [1.54, 1.807) is 11.0 Å². The van der Waals surface area contributed by atoms with Gasteiger partial charge in [0, 0.05) is 36.8 Å². The van der Waals surface area contributed by atoms with Crippen LogP contribution in [0.2, 0.25) is 0 Å². The third-order valence-corrected chi connectivity index (χ3v) is 6.13. The average Bonchev–Trinajstić information content (AvgIpc) is 3.32. The van der Waals surface area contributed by atoms with E-state index in [1.165, 1.54) is 11.8 Å². The van der Waals surface area contributed by atoms with E-state index in [4.69, 9.17) is 0 Å². The van der Waals surface area contributed by atoms with Gasteiger partial charge in [-0.1, -0.05) is 48.2 Å². The Balaban J connectivity index is 1.47. The third kappa shape index (κ3) is 3.96. The third-order valence-electron chi connectivity index (χ3n) is 5.11. The molecule has 1 fully saturated rings. The van der Waals surface area contributed by atoms with Crippen LogP contribution in [0.25, 0.3) is 11.4 Å². The van der Waals surface area contributed by atoms with Crippen LogP contribution < -0.4 is 4.90 Å². The van der Waals surface area contributed by atoms with Gasteiger partial charge in [-0.2, -0.15) is 0 Å². The van der Waals surface area contributed by atoms with Crippen molar-refractivity contribution >= 4 is 29.1 Å². The summed E-state index contributed by atoms with van der Waals surface area (Å²) in [6.45, 7) is 2.75. The van der Waals surface area contributed by atoms with Crippen LogP contribution in [0, 0.1) is 6.92 Å². The minimum atomic E-state index is 0.00365. The lowest BCUT2D eigenvalue weighted by molar-refractivity contribution is -0.117. The quantitative estimate of drug-likeness (QED) is 0.459. The topological polar surface area (TPSA) is 68.1 Å². The highest BCUT2D eigenvalue weighted by molar-refractivity contribution is 7.99. The van der Waals surface area contributed by atoms with Crippen molar-refractivity contribution in [2.75, 3.05) is 17.2 Å². The fourth-order valence-corrected chi connectivity index (χ4v) is 4.29. The molecule has 4 rings (SSSR count). The molecular weight excluding hydrogens is 384 g/mol. The van der Waals surface area contributed by atoms with Crippen LogP contribution >= 0.6 is 11.8 Å². The number of hydrogen-bond donors (Lipinski definition) is 0. The second-order valence-corrected chi connectivity index (χ2v) is 8.03. The van der Waals surface area contributed by atoms with Gasteiger partial charge in [0.05, 0.1) is 5.75 Å². The summed E-state index contributed by atoms with van der Waals surface area (Å²) in [6, 6.07) is 15.3. The summed E-state index contributed by atoms with van der Waals surface area (Å²) in [4.78, 5) is 26.4. The zero-order valence-electron chi connectivity index (χ0n) is 16.5. The Morgan fingerprint density at radius 1 is 1.14 bits per heavy atom. The van der Waals surface area contributed by atoms with E-state index in [-0.39, 0.29) is 17.4 Å². The highest BCUT2D eigenvalue weighted by Crippen LogP contribution is 2.26. The predicted octanol–water partition coefficient (Wildman–Crippen LogP) is 3.89. The second kappa shape index (κ2) is 8.21. The molecule has 0 saturated carbocycles. The summed E-state index contributed by atoms with van der Waals surface area (Å²) in [6.07, 6.45) is 1.44. The van der Waals surface area contributed by atoms with E-state index < -0.39 is 0 Å². The molecule has 1 aromatic heterocycles. The monoisotopic (exact) mass is 406 g/mol. The van der Waals surface area contributed by atoms with Crippen LogP contribution in [0.1, 0.15) is 28.8 Å². The number of thioether (sulfide) groups is 1. The highest BCUT2D eigenvalue weighted by atomic mass is 32.2. The molecule has 0 bridgehead atoms. The lowest BCUT2D eigenvalue weighted by Gasteiger charge is -2.16. The molecule has 0 spiro atoms. The minimum Gasteiger partial charge on any atom is -0.312 e. The van der Waals surface area contributed by atoms with Crippen molar-refractivity contribution < 1.29 is 9.59 Å². The molecule has 148 valence electrons. The normalized spacial score (nSPS) is 13.9. The first-order valence-corrected chi connectivity index (χ1v) is 10.5. The summed E-state index contributed by atoms with van der Waals surface area (Å²) < 4.78 is 1.92. The molecule has 29 heavy (non-hydrogen) atoms. The molecule has 1 amide bonds. The summed E-state index contributed by atoms with van der Waals surface area (Å²) in [7, 11) is 1.91. The van der Waals surface area contributed by atoms with Crippen LogP contribution in [0.5, 0.6) is 0 Å². The van der Waals surface area contributed by atoms with E-state index in [0.717, 1.165) is 29.1 Å². The summed E-state index contributed by atoms with van der Waals surface area (Å²) in [5, 5.41) is 9.27. The Hall–Kier alpha value is -2.93. The first-order valence-electron chi connectivity index (χ1n) is 9.56. The van der Waals surface area contributed by atoms with E-state index in [9.17, 15) is 9.59 Å². The smallest absolute Gasteiger partial charge is 0.227 e. The van der Waals surface area contributed by atoms with Crippen molar-refractivity contribution in [1.82, 2.24) is 14.8 Å². The summed E-state index contributed by atoms with van der Waals surface area (Å²) in [5.74, 6) is 1.17. The fourth-order valence-electron chi connectivity index (χ4n) is 3.48. The van der Waals surface area contributed by atoms with Gasteiger partial charge in [-0.3, -0.25) is 9.59 Å². The van der Waals surface area contributed by atoms with Crippen molar-refractivity contribution in [3.63, 3.8) is 0 Å². The van der Waals surface area contributed by atoms with Crippen LogP contribution in [0.4, 0.5) is 5.69 Å². The van der Waals surface area contributed by atoms with Crippen LogP contribution in [0.15, 0.2) is 53.7 Å². The molecule has 1 aliphatic heterocycles. The van der Waals surface area contributed by atoms with Gasteiger partial charge in [-0.25, -0.2) is 0 Å². The molecule has 1 saturated heterocycles. The van der Waals surface area contributed by atoms with Gasteiger partial charge < -0.3 is 9.47 Å². The Morgan fingerprint density at radius 2 is 1.97 bits per heavy atom. The number of carbonyl (C=O) groups is 2. The zero-order valence-corrected chi connectivity index (χ0v) is 17.3. The van der Waals surface area contributed by atoms with Gasteiger partial charge in [0.25, 0.3) is 0 Å². The number of aryl methyl sites for hydroxylation is 1. The van der Waals surface area contributed by atoms with Crippen LogP contribution in [0.3, 0.4) is 0 Å². The van der Waals surface area contributed by atoms with E-state index >= 15 is 0 Å². The molecule has 0 radical (unpaired) electrons. The van der Waals surface area contributed by atoms with Gasteiger partial charge in [0.15, 0.2) is 16.8 Å². The Labute approximate surface area is 173 Å². The van der Waals surface area contributed by atoms with Gasteiger partial charge in [0.1, 0.15) is 0 Å². The number of Topliss-reactive ketones (excluding diaryl/α,β-unsaturated/α-hetero) is 1. The van der Waals surface area contributed by atoms with E-state index in [0.29, 0.717) is 23.7 Å². The lowest BCUT2D eigenvalue weighted by atomic mass is 10.1. The average molecular weight is 407 g/mol. The van der Waals surface area contributed by atoms with E-state index in [2.05, 4.69) is 10.2 Å². The number of rotatable bonds is 6. The summed E-state index contributed by atoms with van der Waals surface area (Å²) >= 11 is 1.37. The minimum absolute atomic E-state index is 0.00365. The standard InChI is InChI=1S/C22H22N4O2S/c1-15-7-3-4-10-18(15)21-23-24-22(25(21)2)29-14-19(27)16-8-5-9-17(13-16)26-12-6-11-20(26)28/h3-5,7-10,13H,6,11-12,14H2,1-2H3. The molecule has 0 aliphatic carbocycles. The number of amides is 1. The van der Waals surface area contributed by atoms with Crippen molar-refractivity contribution in [3.05, 3.63) is 59.7 Å². The molecular formula is C22H22N4O2S. The molecule has 0 atom stereocenters. The van der Waals surface area contributed by atoms with Crippen molar-refractivity contribution in [3.8, 4) is 11.4 Å². The molecule has 0 unspecified atom stereocenters. The lowest BCUT2D eigenvalue weighted by Crippen LogP contribution is -2.23. The number of ketones is 1. The van der Waals surface area contributed by atoms with Gasteiger partial charge in [-0.05, 0) is 31.0 Å². The van der Waals surface area contributed by atoms with Crippen molar-refractivity contribution in [2.24, 2.45) is 7.05 Å². The molecule has 2 aromatic carbocycles. The first-order chi connectivity index (χ1) is 14.0. The number of hydrogen-bond acceptors (Lipinski definition) is 5. The molecule has 7 heteroatoms. The first kappa shape index (κ1) is 19.4. The van der Waals surface area contributed by atoms with Gasteiger partial charge >= 0.3 is 0 Å². The summed E-state index contributed by atoms with van der Waals surface area (Å²) in [5.41, 5.74) is 3.56. The maximum atomic E-state index is 12.7. The molecule has 6 nitrogen and oxygen atoms in total. The Bertz CT molecular complexity index is 1080. The van der Waals surface area contributed by atoms with Gasteiger partial charge in [-0.15, -0.1) is 10.2 Å². The zero-order chi connectivity index (χ0) is 20.4. The van der Waals surface area contributed by atoms with Crippen molar-refractivity contribution in [2.45, 2.75) is 24.9 Å². The number of benzene rings is 2. The molecule has 0 N–H and O–H groups in total. The largest absolute Gasteiger partial charge is 0.312 e. The second-order valence-electron chi connectivity index (χ2n) is 7.09. The van der Waals surface area contributed by atoms with Crippen LogP contribution in [-0.2, 0) is 11.8 Å². The Kier molecular flexibility index (Phi) is 5.49. The highest BCUT2D eigenvalue weighted by Gasteiger charge is 2.22. The van der Waals surface area contributed by atoms with Crippen LogP contribution in [-0.4, -0.2) is 38.8 Å². The number of aromatic nitrogens is 3. The van der Waals surface area contributed by atoms with E-state index in [1.807, 2.05) is 61.0 Å². The number of nitrogens with zero attached hydrogens (tertiary/aromatic N) is 4. The SMILES string of the molecule is Cc1ccccc1-c1nnc(SCC(=O)c2cccc(N3CCCC3=O)c2)n1C.